The lowest BCUT2D eigenvalue weighted by Gasteiger charge is -2.20. The number of aryl methyl sites for hydroxylation is 1. The summed E-state index contributed by atoms with van der Waals surface area (Å²) >= 11 is 2.38. The Kier molecular flexibility index (Phi) is 5.40. The van der Waals surface area contributed by atoms with E-state index in [1.165, 1.54) is 20.3 Å². The Morgan fingerprint density at radius 1 is 1.11 bits per heavy atom. The van der Waals surface area contributed by atoms with E-state index in [0.717, 1.165) is 13.0 Å². The lowest BCUT2D eigenvalue weighted by Crippen LogP contribution is -2.23. The first-order chi connectivity index (χ1) is 9.20. The van der Waals surface area contributed by atoms with Crippen molar-refractivity contribution in [2.24, 2.45) is 0 Å². The average molecular weight is 365 g/mol. The lowest BCUT2D eigenvalue weighted by atomic mass is 9.96. The monoisotopic (exact) mass is 365 g/mol. The van der Waals surface area contributed by atoms with Crippen LogP contribution in [0.3, 0.4) is 0 Å². The second-order valence-electron chi connectivity index (χ2n) is 4.80. The van der Waals surface area contributed by atoms with Crippen molar-refractivity contribution in [3.8, 4) is 0 Å². The molecule has 0 radical (unpaired) electrons. The van der Waals surface area contributed by atoms with Crippen molar-refractivity contribution in [2.75, 3.05) is 6.54 Å². The van der Waals surface area contributed by atoms with Gasteiger partial charge in [-0.3, -0.25) is 0 Å². The van der Waals surface area contributed by atoms with Gasteiger partial charge in [0.2, 0.25) is 0 Å². The summed E-state index contributed by atoms with van der Waals surface area (Å²) in [4.78, 5) is 0. The minimum Gasteiger partial charge on any atom is -0.310 e. The Bertz CT molecular complexity index is 536. The molecule has 2 aromatic rings. The quantitative estimate of drug-likeness (QED) is 0.770. The van der Waals surface area contributed by atoms with Crippen molar-refractivity contribution < 1.29 is 0 Å². The molecule has 0 aliphatic carbocycles. The zero-order valence-corrected chi connectivity index (χ0v) is 13.6. The minimum absolute atomic E-state index is 0.390. The fourth-order valence-electron chi connectivity index (χ4n) is 2.34. The Labute approximate surface area is 129 Å². The molecule has 1 atom stereocenters. The zero-order chi connectivity index (χ0) is 13.7. The van der Waals surface area contributed by atoms with Crippen LogP contribution in [0.15, 0.2) is 48.5 Å². The molecule has 0 aromatic heterocycles. The summed E-state index contributed by atoms with van der Waals surface area (Å²) in [5.41, 5.74) is 4.17. The number of nitrogens with one attached hydrogen (secondary N) is 1. The van der Waals surface area contributed by atoms with Crippen molar-refractivity contribution in [3.63, 3.8) is 0 Å². The Hall–Kier alpha value is -0.870. The van der Waals surface area contributed by atoms with E-state index in [0.29, 0.717) is 6.04 Å². The van der Waals surface area contributed by atoms with Gasteiger partial charge in [-0.15, -0.1) is 0 Å². The normalized spacial score (nSPS) is 12.4. The van der Waals surface area contributed by atoms with Gasteiger partial charge in [-0.25, -0.2) is 0 Å². The highest BCUT2D eigenvalue weighted by molar-refractivity contribution is 14.1. The van der Waals surface area contributed by atoms with Gasteiger partial charge in [0.25, 0.3) is 0 Å². The molecular weight excluding hydrogens is 345 g/mol. The first-order valence-corrected chi connectivity index (χ1v) is 7.82. The van der Waals surface area contributed by atoms with Crippen LogP contribution in [0, 0.1) is 10.5 Å². The van der Waals surface area contributed by atoms with Gasteiger partial charge in [-0.2, -0.15) is 0 Å². The molecule has 100 valence electrons. The van der Waals surface area contributed by atoms with Crippen LogP contribution >= 0.6 is 22.6 Å². The predicted octanol–water partition coefficient (Wildman–Crippen LogP) is 4.49. The van der Waals surface area contributed by atoms with E-state index in [-0.39, 0.29) is 0 Å². The van der Waals surface area contributed by atoms with Gasteiger partial charge in [0.05, 0.1) is 0 Å². The summed E-state index contributed by atoms with van der Waals surface area (Å²) in [6.45, 7) is 5.34. The molecule has 1 nitrogen and oxygen atoms in total. The summed E-state index contributed by atoms with van der Waals surface area (Å²) in [5, 5.41) is 3.60. The molecule has 0 aliphatic heterocycles. The van der Waals surface area contributed by atoms with Crippen LogP contribution in [-0.4, -0.2) is 6.54 Å². The van der Waals surface area contributed by atoms with Crippen molar-refractivity contribution in [2.45, 2.75) is 26.3 Å². The minimum atomic E-state index is 0.390. The number of hydrogen-bond donors (Lipinski definition) is 1. The third-order valence-electron chi connectivity index (χ3n) is 3.39. The molecule has 19 heavy (non-hydrogen) atoms. The molecule has 2 rings (SSSR count). The smallest absolute Gasteiger partial charge is 0.0361 e. The number of halogens is 1. The van der Waals surface area contributed by atoms with E-state index in [1.807, 2.05) is 0 Å². The first kappa shape index (κ1) is 14.5. The second-order valence-corrected chi connectivity index (χ2v) is 6.04. The summed E-state index contributed by atoms with van der Waals surface area (Å²) in [6.07, 6.45) is 1.04. The van der Waals surface area contributed by atoms with E-state index in [9.17, 15) is 0 Å². The van der Waals surface area contributed by atoms with E-state index in [4.69, 9.17) is 0 Å². The Balaban J connectivity index is 2.24. The van der Waals surface area contributed by atoms with Crippen molar-refractivity contribution >= 4 is 22.6 Å². The molecule has 0 amide bonds. The summed E-state index contributed by atoms with van der Waals surface area (Å²) in [7, 11) is 0. The highest BCUT2D eigenvalue weighted by Gasteiger charge is 2.12. The average Bonchev–Trinajstić information content (AvgIpc) is 2.40. The summed E-state index contributed by atoms with van der Waals surface area (Å²) in [5.74, 6) is 0. The van der Waals surface area contributed by atoms with Crippen LogP contribution in [-0.2, 0) is 6.42 Å². The maximum Gasteiger partial charge on any atom is 0.0361 e. The summed E-state index contributed by atoms with van der Waals surface area (Å²) < 4.78 is 1.29. The fraction of sp³-hybridized carbons (Fsp3) is 0.294. The van der Waals surface area contributed by atoms with E-state index < -0.39 is 0 Å². The zero-order valence-electron chi connectivity index (χ0n) is 11.5. The second kappa shape index (κ2) is 7.06. The van der Waals surface area contributed by atoms with Crippen LogP contribution < -0.4 is 5.32 Å². The number of benzene rings is 2. The van der Waals surface area contributed by atoms with Crippen LogP contribution in [0.25, 0.3) is 0 Å². The van der Waals surface area contributed by atoms with Crippen molar-refractivity contribution in [1.29, 1.82) is 0 Å². The van der Waals surface area contributed by atoms with E-state index in [1.54, 1.807) is 0 Å². The molecule has 0 bridgehead atoms. The van der Waals surface area contributed by atoms with Crippen LogP contribution in [0.2, 0.25) is 0 Å². The predicted molar refractivity (Wildman–Crippen MR) is 90.5 cm³/mol. The van der Waals surface area contributed by atoms with Crippen LogP contribution in [0.1, 0.15) is 29.7 Å². The van der Waals surface area contributed by atoms with Gasteiger partial charge in [0, 0.05) is 9.61 Å². The topological polar surface area (TPSA) is 12.0 Å². The van der Waals surface area contributed by atoms with Crippen molar-refractivity contribution in [1.82, 2.24) is 5.32 Å². The van der Waals surface area contributed by atoms with Crippen LogP contribution in [0.4, 0.5) is 0 Å². The largest absolute Gasteiger partial charge is 0.310 e. The Morgan fingerprint density at radius 3 is 2.58 bits per heavy atom. The third kappa shape index (κ3) is 4.05. The number of hydrogen-bond acceptors (Lipinski definition) is 1. The first-order valence-electron chi connectivity index (χ1n) is 6.74. The highest BCUT2D eigenvalue weighted by Crippen LogP contribution is 2.22. The van der Waals surface area contributed by atoms with Gasteiger partial charge in [0.15, 0.2) is 0 Å². The molecule has 1 N–H and O–H groups in total. The van der Waals surface area contributed by atoms with Gasteiger partial charge >= 0.3 is 0 Å². The SMILES string of the molecule is CCNC(Cc1ccccc1C)c1cccc(I)c1. The molecule has 2 heteroatoms. The molecule has 0 spiro atoms. The van der Waals surface area contributed by atoms with E-state index >= 15 is 0 Å². The fourth-order valence-corrected chi connectivity index (χ4v) is 2.90. The molecular formula is C17H20IN. The molecule has 2 aromatic carbocycles. The highest BCUT2D eigenvalue weighted by atomic mass is 127. The molecule has 1 unspecified atom stereocenters. The van der Waals surface area contributed by atoms with Gasteiger partial charge < -0.3 is 5.32 Å². The molecule has 0 saturated heterocycles. The Morgan fingerprint density at radius 2 is 1.89 bits per heavy atom. The van der Waals surface area contributed by atoms with Gasteiger partial charge in [0.1, 0.15) is 0 Å². The van der Waals surface area contributed by atoms with Crippen molar-refractivity contribution in [3.05, 3.63) is 68.8 Å². The maximum absolute atomic E-state index is 3.60. The molecule has 0 heterocycles. The number of rotatable bonds is 5. The molecule has 0 fully saturated rings. The van der Waals surface area contributed by atoms with Crippen LogP contribution in [0.5, 0.6) is 0 Å². The van der Waals surface area contributed by atoms with E-state index in [2.05, 4.69) is 90.3 Å². The molecule has 0 saturated carbocycles. The van der Waals surface area contributed by atoms with Gasteiger partial charge in [-0.05, 0) is 71.3 Å². The number of likely N-dealkylation sites (N-methyl/N-ethyl adjacent to an activating group) is 1. The lowest BCUT2D eigenvalue weighted by molar-refractivity contribution is 0.548. The maximum atomic E-state index is 3.60. The van der Waals surface area contributed by atoms with Gasteiger partial charge in [-0.1, -0.05) is 43.3 Å². The standard InChI is InChI=1S/C17H20IN/c1-3-19-17(15-9-6-10-16(18)11-15)12-14-8-5-4-7-13(14)2/h4-11,17,19H,3,12H2,1-2H3. The summed E-state index contributed by atoms with van der Waals surface area (Å²) in [6, 6.07) is 17.8. The molecule has 0 aliphatic rings. The third-order valence-corrected chi connectivity index (χ3v) is 4.06.